The molecule has 176 valence electrons. The summed E-state index contributed by atoms with van der Waals surface area (Å²) < 4.78 is 0. The summed E-state index contributed by atoms with van der Waals surface area (Å²) in [5.41, 5.74) is 1.36. The molecule has 1 aromatic rings. The first-order valence-corrected chi connectivity index (χ1v) is 11.2. The van der Waals surface area contributed by atoms with Gasteiger partial charge in [0, 0.05) is 12.2 Å². The Morgan fingerprint density at radius 3 is 2.44 bits per heavy atom. The number of carbonyl (C=O) groups excluding carboxylic acids is 3. The quantitative estimate of drug-likeness (QED) is 0.279. The fourth-order valence-corrected chi connectivity index (χ4v) is 3.41. The standard InChI is InChI=1S/C20H26ClN3O7S/c1-11-3-5-13(21)14(7-11)23-17(26)10-32-9-15(19(29)22-8-18(27)28)24-16(25)6-4-12(2)20(30)31/h3,5,7,12,15H,4,6,8-10H2,1-2H3,(H,22,29)(H,23,26)(H,24,25)(H,27,28)(H,30,31). The number of carboxylic acid groups (broad SMARTS) is 2. The average Bonchev–Trinajstić information content (AvgIpc) is 2.71. The molecule has 3 amide bonds. The molecule has 12 heteroatoms. The number of hydrogen-bond donors (Lipinski definition) is 5. The predicted molar refractivity (Wildman–Crippen MR) is 121 cm³/mol. The molecule has 0 saturated carbocycles. The van der Waals surface area contributed by atoms with Crippen LogP contribution in [0.25, 0.3) is 0 Å². The molecular weight excluding hydrogens is 462 g/mol. The van der Waals surface area contributed by atoms with Gasteiger partial charge in [0.2, 0.25) is 17.7 Å². The first kappa shape index (κ1) is 27.2. The Kier molecular flexibility index (Phi) is 11.6. The highest BCUT2D eigenvalue weighted by Crippen LogP contribution is 2.23. The van der Waals surface area contributed by atoms with Crippen molar-refractivity contribution in [2.45, 2.75) is 32.7 Å². The van der Waals surface area contributed by atoms with Crippen molar-refractivity contribution < 1.29 is 34.2 Å². The first-order chi connectivity index (χ1) is 15.0. The van der Waals surface area contributed by atoms with Crippen LogP contribution in [0.4, 0.5) is 5.69 Å². The molecule has 10 nitrogen and oxygen atoms in total. The molecule has 0 radical (unpaired) electrons. The molecule has 1 aromatic carbocycles. The molecule has 0 bridgehead atoms. The van der Waals surface area contributed by atoms with E-state index in [2.05, 4.69) is 16.0 Å². The molecule has 2 atom stereocenters. The van der Waals surface area contributed by atoms with Gasteiger partial charge in [-0.25, -0.2) is 0 Å². The van der Waals surface area contributed by atoms with Gasteiger partial charge in [0.05, 0.1) is 22.4 Å². The van der Waals surface area contributed by atoms with Crippen LogP contribution in [-0.2, 0) is 24.0 Å². The second kappa shape index (κ2) is 13.6. The number of aliphatic carboxylic acids is 2. The highest BCUT2D eigenvalue weighted by atomic mass is 35.5. The lowest BCUT2D eigenvalue weighted by molar-refractivity contribution is -0.141. The molecule has 0 spiro atoms. The summed E-state index contributed by atoms with van der Waals surface area (Å²) in [6.07, 6.45) is -0.0371. The van der Waals surface area contributed by atoms with Gasteiger partial charge >= 0.3 is 11.9 Å². The van der Waals surface area contributed by atoms with Crippen LogP contribution in [0.2, 0.25) is 5.02 Å². The van der Waals surface area contributed by atoms with Gasteiger partial charge in [0.1, 0.15) is 12.6 Å². The molecule has 32 heavy (non-hydrogen) atoms. The number of nitrogens with one attached hydrogen (secondary N) is 3. The number of carboxylic acids is 2. The topological polar surface area (TPSA) is 162 Å². The molecule has 0 aliphatic carbocycles. The number of benzene rings is 1. The van der Waals surface area contributed by atoms with Crippen LogP contribution in [0, 0.1) is 12.8 Å². The van der Waals surface area contributed by atoms with Crippen LogP contribution in [0.15, 0.2) is 18.2 Å². The largest absolute Gasteiger partial charge is 0.481 e. The Morgan fingerprint density at radius 2 is 1.81 bits per heavy atom. The lowest BCUT2D eigenvalue weighted by Gasteiger charge is -2.18. The molecule has 1 rings (SSSR count). The van der Waals surface area contributed by atoms with Crippen LogP contribution in [0.3, 0.4) is 0 Å². The van der Waals surface area contributed by atoms with Gasteiger partial charge in [-0.05, 0) is 31.0 Å². The maximum Gasteiger partial charge on any atom is 0.322 e. The zero-order valence-electron chi connectivity index (χ0n) is 17.6. The van der Waals surface area contributed by atoms with E-state index < -0.39 is 42.3 Å². The van der Waals surface area contributed by atoms with E-state index in [1.165, 1.54) is 6.92 Å². The summed E-state index contributed by atoms with van der Waals surface area (Å²) in [6, 6.07) is 4.07. The van der Waals surface area contributed by atoms with Crippen LogP contribution in [0.1, 0.15) is 25.3 Å². The molecule has 0 heterocycles. The number of halogens is 1. The zero-order chi connectivity index (χ0) is 24.3. The summed E-state index contributed by atoms with van der Waals surface area (Å²) >= 11 is 7.11. The van der Waals surface area contributed by atoms with Gasteiger partial charge < -0.3 is 26.2 Å². The molecule has 0 aliphatic rings. The molecule has 0 fully saturated rings. The summed E-state index contributed by atoms with van der Waals surface area (Å²) in [5.74, 6) is -4.70. The van der Waals surface area contributed by atoms with Crippen molar-refractivity contribution in [3.05, 3.63) is 28.8 Å². The minimum atomic E-state index is -1.25. The molecule has 0 aliphatic heterocycles. The number of hydrogen-bond acceptors (Lipinski definition) is 6. The van der Waals surface area contributed by atoms with E-state index in [1.807, 2.05) is 6.92 Å². The van der Waals surface area contributed by atoms with E-state index in [0.29, 0.717) is 10.7 Å². The van der Waals surface area contributed by atoms with Gasteiger partial charge in [-0.1, -0.05) is 24.6 Å². The van der Waals surface area contributed by atoms with Crippen molar-refractivity contribution in [2.75, 3.05) is 23.4 Å². The van der Waals surface area contributed by atoms with Gasteiger partial charge in [-0.15, -0.1) is 11.8 Å². The molecule has 2 unspecified atom stereocenters. The normalized spacial score (nSPS) is 12.3. The van der Waals surface area contributed by atoms with Crippen LogP contribution in [-0.4, -0.2) is 64.0 Å². The smallest absolute Gasteiger partial charge is 0.322 e. The minimum Gasteiger partial charge on any atom is -0.481 e. The lowest BCUT2D eigenvalue weighted by Crippen LogP contribution is -2.49. The molecule has 5 N–H and O–H groups in total. The van der Waals surface area contributed by atoms with Gasteiger partial charge in [-0.2, -0.15) is 0 Å². The summed E-state index contributed by atoms with van der Waals surface area (Å²) in [5, 5.41) is 25.3. The summed E-state index contributed by atoms with van der Waals surface area (Å²) in [6.45, 7) is 2.68. The van der Waals surface area contributed by atoms with Crippen LogP contribution >= 0.6 is 23.4 Å². The Hall–Kier alpha value is -2.79. The number of amides is 3. The van der Waals surface area contributed by atoms with Gasteiger partial charge in [0.25, 0.3) is 0 Å². The Labute approximate surface area is 194 Å². The fraction of sp³-hybridized carbons (Fsp3) is 0.450. The number of rotatable bonds is 13. The number of anilines is 1. The number of aryl methyl sites for hydroxylation is 1. The fourth-order valence-electron chi connectivity index (χ4n) is 2.40. The van der Waals surface area contributed by atoms with Gasteiger partial charge in [0.15, 0.2) is 0 Å². The van der Waals surface area contributed by atoms with Crippen LogP contribution in [0.5, 0.6) is 0 Å². The number of carbonyl (C=O) groups is 5. The van der Waals surface area contributed by atoms with E-state index in [4.69, 9.17) is 21.8 Å². The Bertz CT molecular complexity index is 866. The van der Waals surface area contributed by atoms with E-state index in [0.717, 1.165) is 17.3 Å². The highest BCUT2D eigenvalue weighted by molar-refractivity contribution is 8.00. The third-order valence-corrected chi connectivity index (χ3v) is 5.57. The maximum atomic E-state index is 12.3. The van der Waals surface area contributed by atoms with E-state index >= 15 is 0 Å². The van der Waals surface area contributed by atoms with Crippen molar-refractivity contribution in [3.63, 3.8) is 0 Å². The van der Waals surface area contributed by atoms with E-state index in [-0.39, 0.29) is 30.3 Å². The monoisotopic (exact) mass is 487 g/mol. The molecular formula is C20H26ClN3O7S. The highest BCUT2D eigenvalue weighted by Gasteiger charge is 2.23. The van der Waals surface area contributed by atoms with Crippen LogP contribution < -0.4 is 16.0 Å². The predicted octanol–water partition coefficient (Wildman–Crippen LogP) is 1.51. The third-order valence-electron chi connectivity index (χ3n) is 4.21. The maximum absolute atomic E-state index is 12.3. The zero-order valence-corrected chi connectivity index (χ0v) is 19.2. The van der Waals surface area contributed by atoms with Gasteiger partial charge in [-0.3, -0.25) is 24.0 Å². The van der Waals surface area contributed by atoms with E-state index in [9.17, 15) is 24.0 Å². The molecule has 0 aromatic heterocycles. The van der Waals surface area contributed by atoms with Crippen molar-refractivity contribution in [3.8, 4) is 0 Å². The summed E-state index contributed by atoms with van der Waals surface area (Å²) in [4.78, 5) is 58.1. The van der Waals surface area contributed by atoms with Crippen molar-refractivity contribution in [1.29, 1.82) is 0 Å². The number of thioether (sulfide) groups is 1. The van der Waals surface area contributed by atoms with Crippen molar-refractivity contribution in [2.24, 2.45) is 5.92 Å². The molecule has 0 saturated heterocycles. The second-order valence-electron chi connectivity index (χ2n) is 7.06. The third kappa shape index (κ3) is 10.5. The average molecular weight is 488 g/mol. The second-order valence-corrected chi connectivity index (χ2v) is 8.49. The SMILES string of the molecule is Cc1ccc(Cl)c(NC(=O)CSCC(NC(=O)CCC(C)C(=O)O)C(=O)NCC(=O)O)c1. The Morgan fingerprint density at radius 1 is 1.12 bits per heavy atom. The minimum absolute atomic E-state index is 0.000641. The van der Waals surface area contributed by atoms with Crippen molar-refractivity contribution in [1.82, 2.24) is 10.6 Å². The first-order valence-electron chi connectivity index (χ1n) is 9.65. The Balaban J connectivity index is 2.64. The van der Waals surface area contributed by atoms with Crippen molar-refractivity contribution >= 4 is 58.7 Å². The summed E-state index contributed by atoms with van der Waals surface area (Å²) in [7, 11) is 0. The lowest BCUT2D eigenvalue weighted by atomic mass is 10.1. The van der Waals surface area contributed by atoms with E-state index in [1.54, 1.807) is 18.2 Å².